The number of aromatic nitrogens is 3. The summed E-state index contributed by atoms with van der Waals surface area (Å²) in [7, 11) is 0. The van der Waals surface area contributed by atoms with Gasteiger partial charge in [0.1, 0.15) is 5.82 Å². The topological polar surface area (TPSA) is 77.0 Å². The zero-order chi connectivity index (χ0) is 13.9. The van der Waals surface area contributed by atoms with E-state index in [4.69, 9.17) is 5.73 Å². The molecule has 1 aromatic rings. The molecule has 0 aliphatic carbocycles. The van der Waals surface area contributed by atoms with Crippen LogP contribution in [0.1, 0.15) is 52.3 Å². The van der Waals surface area contributed by atoms with Crippen molar-refractivity contribution in [3.8, 4) is 0 Å². The quantitative estimate of drug-likeness (QED) is 0.830. The Morgan fingerprint density at radius 1 is 1.28 bits per heavy atom. The number of hydrogen-bond donors (Lipinski definition) is 2. The lowest BCUT2D eigenvalue weighted by Gasteiger charge is -2.33. The van der Waals surface area contributed by atoms with Crippen molar-refractivity contribution in [3.05, 3.63) is 11.6 Å². The summed E-state index contributed by atoms with van der Waals surface area (Å²) in [5.74, 6) is 1.71. The average molecular weight is 254 g/mol. The average Bonchev–Trinajstić information content (AvgIpc) is 2.72. The molecule has 2 atom stereocenters. The number of aliphatic hydroxyl groups excluding tert-OH is 1. The van der Waals surface area contributed by atoms with Crippen LogP contribution in [0.3, 0.4) is 0 Å². The summed E-state index contributed by atoms with van der Waals surface area (Å²) in [6.45, 7) is 10.3. The van der Waals surface area contributed by atoms with E-state index in [9.17, 15) is 5.11 Å². The normalized spacial score (nSPS) is 15.7. The van der Waals surface area contributed by atoms with Crippen molar-refractivity contribution < 1.29 is 5.11 Å². The van der Waals surface area contributed by atoms with Crippen LogP contribution < -0.4 is 5.73 Å². The fourth-order valence-corrected chi connectivity index (χ4v) is 1.98. The van der Waals surface area contributed by atoms with Crippen LogP contribution in [0, 0.1) is 5.41 Å². The van der Waals surface area contributed by atoms with Gasteiger partial charge in [-0.15, -0.1) is 0 Å². The van der Waals surface area contributed by atoms with Crippen LogP contribution in [0.5, 0.6) is 0 Å². The minimum atomic E-state index is -0.215. The summed E-state index contributed by atoms with van der Waals surface area (Å²) < 4.78 is 1.81. The maximum atomic E-state index is 9.65. The first-order valence-corrected chi connectivity index (χ1v) is 6.65. The highest BCUT2D eigenvalue weighted by Crippen LogP contribution is 2.26. The molecule has 5 heteroatoms. The van der Waals surface area contributed by atoms with Crippen molar-refractivity contribution in [1.29, 1.82) is 0 Å². The summed E-state index contributed by atoms with van der Waals surface area (Å²) >= 11 is 0. The monoisotopic (exact) mass is 254 g/mol. The van der Waals surface area contributed by atoms with Crippen molar-refractivity contribution in [2.45, 2.75) is 59.5 Å². The van der Waals surface area contributed by atoms with Gasteiger partial charge in [-0.1, -0.05) is 34.6 Å². The molecule has 3 N–H and O–H groups in total. The minimum Gasteiger partial charge on any atom is -0.394 e. The van der Waals surface area contributed by atoms with Gasteiger partial charge in [0.25, 0.3) is 0 Å². The molecule has 0 aliphatic heterocycles. The maximum Gasteiger partial charge on any atom is 0.150 e. The number of aryl methyl sites for hydroxylation is 2. The summed E-state index contributed by atoms with van der Waals surface area (Å²) in [5.41, 5.74) is 6.18. The lowest BCUT2D eigenvalue weighted by atomic mass is 9.83. The molecular formula is C13H26N4O. The van der Waals surface area contributed by atoms with E-state index in [2.05, 4.69) is 30.9 Å². The van der Waals surface area contributed by atoms with Crippen LogP contribution in [0.25, 0.3) is 0 Å². The molecule has 1 aromatic heterocycles. The predicted molar refractivity (Wildman–Crippen MR) is 72.3 cm³/mol. The van der Waals surface area contributed by atoms with Crippen LogP contribution in [-0.2, 0) is 12.8 Å². The van der Waals surface area contributed by atoms with Crippen molar-refractivity contribution in [2.75, 3.05) is 6.61 Å². The fraction of sp³-hybridized carbons (Fsp3) is 0.846. The van der Waals surface area contributed by atoms with Gasteiger partial charge in [0.15, 0.2) is 5.82 Å². The Balaban J connectivity index is 3.12. The highest BCUT2D eigenvalue weighted by molar-refractivity contribution is 4.98. The highest BCUT2D eigenvalue weighted by atomic mass is 16.3. The largest absolute Gasteiger partial charge is 0.394 e. The lowest BCUT2D eigenvalue weighted by molar-refractivity contribution is 0.143. The standard InChI is InChI=1S/C13H26N4O/c1-6-10-15-11(7-2)17(16-10)9(8-18)12(14)13(3,4)5/h9,12,18H,6-8,14H2,1-5H3. The third-order valence-corrected chi connectivity index (χ3v) is 3.29. The molecular weight excluding hydrogens is 228 g/mol. The van der Waals surface area contributed by atoms with Gasteiger partial charge in [-0.25, -0.2) is 9.67 Å². The van der Waals surface area contributed by atoms with E-state index >= 15 is 0 Å². The third kappa shape index (κ3) is 3.09. The SMILES string of the molecule is CCc1nc(CC)n(C(CO)C(N)C(C)(C)C)n1. The second-order valence-corrected chi connectivity index (χ2v) is 5.74. The van der Waals surface area contributed by atoms with E-state index in [-0.39, 0.29) is 24.1 Å². The summed E-state index contributed by atoms with van der Waals surface area (Å²) in [6, 6.07) is -0.382. The Bertz CT molecular complexity index is 381. The first-order chi connectivity index (χ1) is 8.35. The Labute approximate surface area is 109 Å². The molecule has 0 radical (unpaired) electrons. The van der Waals surface area contributed by atoms with E-state index in [1.807, 2.05) is 18.5 Å². The van der Waals surface area contributed by atoms with Crippen LogP contribution in [0.4, 0.5) is 0 Å². The van der Waals surface area contributed by atoms with Gasteiger partial charge >= 0.3 is 0 Å². The smallest absolute Gasteiger partial charge is 0.150 e. The summed E-state index contributed by atoms with van der Waals surface area (Å²) in [6.07, 6.45) is 1.59. The van der Waals surface area contributed by atoms with Gasteiger partial charge in [-0.05, 0) is 5.41 Å². The Hall–Kier alpha value is -0.940. The zero-order valence-electron chi connectivity index (χ0n) is 12.1. The maximum absolute atomic E-state index is 9.65. The van der Waals surface area contributed by atoms with Gasteiger partial charge in [0, 0.05) is 18.9 Å². The molecule has 1 heterocycles. The molecule has 2 unspecified atom stereocenters. The van der Waals surface area contributed by atoms with Gasteiger partial charge in [-0.2, -0.15) is 5.10 Å². The van der Waals surface area contributed by atoms with Crippen molar-refractivity contribution in [1.82, 2.24) is 14.8 Å². The first kappa shape index (κ1) is 15.1. The zero-order valence-corrected chi connectivity index (χ0v) is 12.1. The van der Waals surface area contributed by atoms with E-state index < -0.39 is 0 Å². The number of rotatable bonds is 5. The molecule has 0 bridgehead atoms. The number of nitrogens with zero attached hydrogens (tertiary/aromatic N) is 3. The van der Waals surface area contributed by atoms with Crippen molar-refractivity contribution in [2.24, 2.45) is 11.1 Å². The molecule has 0 saturated carbocycles. The first-order valence-electron chi connectivity index (χ1n) is 6.65. The molecule has 0 amide bonds. The molecule has 1 rings (SSSR count). The minimum absolute atomic E-state index is 0.0159. The van der Waals surface area contributed by atoms with E-state index in [0.29, 0.717) is 0 Å². The van der Waals surface area contributed by atoms with Gasteiger partial charge in [0.2, 0.25) is 0 Å². The second-order valence-electron chi connectivity index (χ2n) is 5.74. The molecule has 5 nitrogen and oxygen atoms in total. The number of hydrogen-bond acceptors (Lipinski definition) is 4. The summed E-state index contributed by atoms with van der Waals surface area (Å²) in [4.78, 5) is 4.47. The van der Waals surface area contributed by atoms with E-state index in [0.717, 1.165) is 24.5 Å². The van der Waals surface area contributed by atoms with Gasteiger partial charge in [0.05, 0.1) is 12.6 Å². The highest BCUT2D eigenvalue weighted by Gasteiger charge is 2.31. The lowest BCUT2D eigenvalue weighted by Crippen LogP contribution is -2.45. The van der Waals surface area contributed by atoms with Crippen molar-refractivity contribution in [3.63, 3.8) is 0 Å². The van der Waals surface area contributed by atoms with Crippen LogP contribution >= 0.6 is 0 Å². The molecule has 0 aromatic carbocycles. The number of nitrogens with two attached hydrogens (primary N) is 1. The predicted octanol–water partition coefficient (Wildman–Crippen LogP) is 1.31. The Kier molecular flexibility index (Phi) is 4.87. The Morgan fingerprint density at radius 2 is 1.89 bits per heavy atom. The summed E-state index contributed by atoms with van der Waals surface area (Å²) in [5, 5.41) is 14.1. The molecule has 18 heavy (non-hydrogen) atoms. The van der Waals surface area contributed by atoms with E-state index in [1.54, 1.807) is 0 Å². The second kappa shape index (κ2) is 5.80. The van der Waals surface area contributed by atoms with Gasteiger partial charge in [-0.3, -0.25) is 0 Å². The molecule has 0 aliphatic rings. The molecule has 0 spiro atoms. The van der Waals surface area contributed by atoms with Crippen LogP contribution in [0.2, 0.25) is 0 Å². The van der Waals surface area contributed by atoms with Crippen molar-refractivity contribution >= 4 is 0 Å². The van der Waals surface area contributed by atoms with E-state index in [1.165, 1.54) is 0 Å². The molecule has 104 valence electrons. The molecule has 0 saturated heterocycles. The Morgan fingerprint density at radius 3 is 2.28 bits per heavy atom. The number of aliphatic hydroxyl groups is 1. The van der Waals surface area contributed by atoms with Crippen LogP contribution in [-0.4, -0.2) is 32.5 Å². The molecule has 0 fully saturated rings. The third-order valence-electron chi connectivity index (χ3n) is 3.29. The fourth-order valence-electron chi connectivity index (χ4n) is 1.98. The van der Waals surface area contributed by atoms with Crippen LogP contribution in [0.15, 0.2) is 0 Å². The van der Waals surface area contributed by atoms with Gasteiger partial charge < -0.3 is 10.8 Å².